The number of halogens is 1. The zero-order chi connectivity index (χ0) is 13.0. The molecule has 1 atom stereocenters. The van der Waals surface area contributed by atoms with Crippen molar-refractivity contribution in [1.29, 1.82) is 0 Å². The van der Waals surface area contributed by atoms with E-state index in [1.165, 1.54) is 6.20 Å². The van der Waals surface area contributed by atoms with Crippen molar-refractivity contribution in [3.05, 3.63) is 35.9 Å². The van der Waals surface area contributed by atoms with E-state index in [4.69, 9.17) is 9.47 Å². The van der Waals surface area contributed by atoms with Crippen LogP contribution in [0, 0.1) is 5.95 Å². The molecule has 2 rings (SSSR count). The average molecular weight is 251 g/mol. The fourth-order valence-corrected chi connectivity index (χ4v) is 2.32. The molecule has 1 aromatic rings. The summed E-state index contributed by atoms with van der Waals surface area (Å²) < 4.78 is 24.7. The number of hydrogen-bond donors (Lipinski definition) is 0. The number of aromatic nitrogens is 1. The van der Waals surface area contributed by atoms with Crippen LogP contribution in [0.25, 0.3) is 5.57 Å². The summed E-state index contributed by atoms with van der Waals surface area (Å²) in [6, 6.07) is 3.51. The number of allylic oxidation sites excluding steroid dienone is 1. The molecule has 18 heavy (non-hydrogen) atoms. The van der Waals surface area contributed by atoms with Crippen molar-refractivity contribution < 1.29 is 13.9 Å². The van der Waals surface area contributed by atoms with Crippen molar-refractivity contribution in [2.24, 2.45) is 0 Å². The average Bonchev–Trinajstić information content (AvgIpc) is 2.41. The van der Waals surface area contributed by atoms with Crippen LogP contribution in [0.3, 0.4) is 0 Å². The van der Waals surface area contributed by atoms with Gasteiger partial charge in [-0.05, 0) is 31.1 Å². The van der Waals surface area contributed by atoms with Crippen molar-refractivity contribution in [2.75, 3.05) is 13.7 Å². The molecule has 0 bridgehead atoms. The van der Waals surface area contributed by atoms with Gasteiger partial charge in [-0.1, -0.05) is 6.08 Å². The first-order chi connectivity index (χ1) is 8.71. The highest BCUT2D eigenvalue weighted by Crippen LogP contribution is 2.36. The maximum Gasteiger partial charge on any atom is 0.220 e. The van der Waals surface area contributed by atoms with Crippen LogP contribution in [0.2, 0.25) is 0 Å². The molecule has 0 spiro atoms. The first-order valence-electron chi connectivity index (χ1n) is 6.20. The van der Waals surface area contributed by atoms with Crippen LogP contribution in [-0.2, 0) is 9.47 Å². The topological polar surface area (TPSA) is 31.4 Å². The monoisotopic (exact) mass is 251 g/mol. The Morgan fingerprint density at radius 3 is 2.89 bits per heavy atom. The van der Waals surface area contributed by atoms with Crippen LogP contribution in [0.4, 0.5) is 4.39 Å². The lowest BCUT2D eigenvalue weighted by molar-refractivity contribution is -0.222. The van der Waals surface area contributed by atoms with Gasteiger partial charge in [0.2, 0.25) is 5.95 Å². The molecule has 1 aromatic heterocycles. The van der Waals surface area contributed by atoms with Gasteiger partial charge in [0.15, 0.2) is 5.79 Å². The number of pyridine rings is 1. The lowest BCUT2D eigenvalue weighted by Gasteiger charge is -2.34. The third kappa shape index (κ3) is 2.60. The van der Waals surface area contributed by atoms with Crippen LogP contribution in [0.5, 0.6) is 0 Å². The smallest absolute Gasteiger partial charge is 0.220 e. The number of hydrogen-bond acceptors (Lipinski definition) is 3. The van der Waals surface area contributed by atoms with E-state index in [0.29, 0.717) is 18.6 Å². The molecule has 1 aliphatic carbocycles. The van der Waals surface area contributed by atoms with E-state index < -0.39 is 11.7 Å². The SMILES string of the molecule is CCOC1(OC)CC=C(c2cccnc2F)CC1. The molecule has 1 heterocycles. The van der Waals surface area contributed by atoms with Gasteiger partial charge in [-0.2, -0.15) is 4.39 Å². The summed E-state index contributed by atoms with van der Waals surface area (Å²) in [7, 11) is 1.65. The van der Waals surface area contributed by atoms with Crippen LogP contribution in [0.1, 0.15) is 31.7 Å². The number of rotatable bonds is 4. The van der Waals surface area contributed by atoms with Gasteiger partial charge in [-0.3, -0.25) is 0 Å². The summed E-state index contributed by atoms with van der Waals surface area (Å²) in [5.74, 6) is -0.957. The number of nitrogens with zero attached hydrogens (tertiary/aromatic N) is 1. The summed E-state index contributed by atoms with van der Waals surface area (Å²) in [4.78, 5) is 3.68. The third-order valence-electron chi connectivity index (χ3n) is 3.32. The van der Waals surface area contributed by atoms with E-state index in [9.17, 15) is 4.39 Å². The minimum absolute atomic E-state index is 0.412. The largest absolute Gasteiger partial charge is 0.353 e. The Labute approximate surface area is 107 Å². The molecule has 0 aromatic carbocycles. The van der Waals surface area contributed by atoms with Crippen molar-refractivity contribution in [3.8, 4) is 0 Å². The molecule has 0 amide bonds. The second-order valence-corrected chi connectivity index (χ2v) is 4.32. The Bertz CT molecular complexity index is 447. The molecular weight excluding hydrogens is 233 g/mol. The number of ether oxygens (including phenoxy) is 2. The highest BCUT2D eigenvalue weighted by atomic mass is 19.1. The van der Waals surface area contributed by atoms with E-state index in [2.05, 4.69) is 4.98 Å². The summed E-state index contributed by atoms with van der Waals surface area (Å²) in [5, 5.41) is 0. The van der Waals surface area contributed by atoms with E-state index in [1.54, 1.807) is 19.2 Å². The Hall–Kier alpha value is -1.26. The van der Waals surface area contributed by atoms with Crippen molar-refractivity contribution in [1.82, 2.24) is 4.98 Å². The van der Waals surface area contributed by atoms with Gasteiger partial charge in [0.1, 0.15) is 0 Å². The highest BCUT2D eigenvalue weighted by Gasteiger charge is 2.33. The van der Waals surface area contributed by atoms with Crippen molar-refractivity contribution >= 4 is 5.57 Å². The zero-order valence-corrected chi connectivity index (χ0v) is 10.8. The minimum atomic E-state index is -0.545. The molecule has 0 aliphatic heterocycles. The Kier molecular flexibility index (Phi) is 4.09. The van der Waals surface area contributed by atoms with Gasteiger partial charge in [0.25, 0.3) is 0 Å². The van der Waals surface area contributed by atoms with Gasteiger partial charge >= 0.3 is 0 Å². The molecule has 0 fully saturated rings. The molecule has 0 saturated heterocycles. The predicted octanol–water partition coefficient (Wildman–Crippen LogP) is 3.17. The van der Waals surface area contributed by atoms with Crippen molar-refractivity contribution in [2.45, 2.75) is 32.0 Å². The maximum atomic E-state index is 13.6. The fraction of sp³-hybridized carbons (Fsp3) is 0.500. The quantitative estimate of drug-likeness (QED) is 0.608. The molecule has 0 radical (unpaired) electrons. The summed E-state index contributed by atoms with van der Waals surface area (Å²) in [6.07, 6.45) is 5.56. The van der Waals surface area contributed by atoms with Crippen LogP contribution < -0.4 is 0 Å². The first kappa shape index (κ1) is 13.2. The predicted molar refractivity (Wildman–Crippen MR) is 67.4 cm³/mol. The molecular formula is C14H18FNO2. The van der Waals surface area contributed by atoms with E-state index in [0.717, 1.165) is 18.4 Å². The lowest BCUT2D eigenvalue weighted by atomic mass is 9.90. The standard InChI is InChI=1S/C14H18FNO2/c1-3-18-14(17-2)8-6-11(7-9-14)12-5-4-10-16-13(12)15/h4-6,10H,3,7-9H2,1-2H3. The Morgan fingerprint density at radius 1 is 1.50 bits per heavy atom. The molecule has 98 valence electrons. The van der Waals surface area contributed by atoms with Gasteiger partial charge in [-0.25, -0.2) is 4.98 Å². The summed E-state index contributed by atoms with van der Waals surface area (Å²) >= 11 is 0. The van der Waals surface area contributed by atoms with E-state index >= 15 is 0 Å². The highest BCUT2D eigenvalue weighted by molar-refractivity contribution is 5.66. The molecule has 3 nitrogen and oxygen atoms in total. The zero-order valence-electron chi connectivity index (χ0n) is 10.8. The first-order valence-corrected chi connectivity index (χ1v) is 6.20. The summed E-state index contributed by atoms with van der Waals surface area (Å²) in [5.41, 5.74) is 1.56. The van der Waals surface area contributed by atoms with Crippen molar-refractivity contribution in [3.63, 3.8) is 0 Å². The molecule has 1 aliphatic rings. The fourth-order valence-electron chi connectivity index (χ4n) is 2.32. The molecule has 0 saturated carbocycles. The van der Waals surface area contributed by atoms with E-state index in [1.807, 2.05) is 13.0 Å². The molecule has 0 N–H and O–H groups in total. The van der Waals surface area contributed by atoms with Gasteiger partial charge in [0, 0.05) is 38.3 Å². The van der Waals surface area contributed by atoms with Crippen LogP contribution >= 0.6 is 0 Å². The third-order valence-corrected chi connectivity index (χ3v) is 3.32. The second-order valence-electron chi connectivity index (χ2n) is 4.32. The Balaban J connectivity index is 2.18. The van der Waals surface area contributed by atoms with Crippen LogP contribution in [0.15, 0.2) is 24.4 Å². The molecule has 4 heteroatoms. The summed E-state index contributed by atoms with van der Waals surface area (Å²) in [6.45, 7) is 2.55. The van der Waals surface area contributed by atoms with E-state index in [-0.39, 0.29) is 0 Å². The lowest BCUT2D eigenvalue weighted by Crippen LogP contribution is -2.36. The van der Waals surface area contributed by atoms with Gasteiger partial charge in [-0.15, -0.1) is 0 Å². The van der Waals surface area contributed by atoms with Gasteiger partial charge in [0.05, 0.1) is 0 Å². The van der Waals surface area contributed by atoms with Crippen LogP contribution in [-0.4, -0.2) is 24.5 Å². The Morgan fingerprint density at radius 2 is 2.33 bits per heavy atom. The maximum absolute atomic E-state index is 13.6. The molecule has 1 unspecified atom stereocenters. The number of methoxy groups -OCH3 is 1. The second kappa shape index (κ2) is 5.59. The van der Waals surface area contributed by atoms with Gasteiger partial charge < -0.3 is 9.47 Å². The minimum Gasteiger partial charge on any atom is -0.353 e. The normalized spacial score (nSPS) is 23.8.